The van der Waals surface area contributed by atoms with Gasteiger partial charge in [0, 0.05) is 6.61 Å². The average molecular weight is 308 g/mol. The maximum atomic E-state index is 5.49. The lowest BCUT2D eigenvalue weighted by Gasteiger charge is -2.07. The number of methoxy groups -OCH3 is 1. The summed E-state index contributed by atoms with van der Waals surface area (Å²) in [7, 11) is 1.66. The minimum absolute atomic E-state index is 0.544. The van der Waals surface area contributed by atoms with E-state index in [1.165, 1.54) is 0 Å². The molecule has 0 aliphatic heterocycles. The van der Waals surface area contributed by atoms with E-state index in [-0.39, 0.29) is 0 Å². The van der Waals surface area contributed by atoms with Gasteiger partial charge in [-0.05, 0) is 36.6 Å². The number of unbranched alkanes of at least 4 members (excludes halogenated alkanes) is 1. The molecule has 0 saturated heterocycles. The smallest absolute Gasteiger partial charge is 0.118 e. The van der Waals surface area contributed by atoms with Crippen LogP contribution in [0.4, 0.5) is 0 Å². The molecule has 0 fully saturated rings. The van der Waals surface area contributed by atoms with Gasteiger partial charge in [0.1, 0.15) is 12.4 Å². The topological polar surface area (TPSA) is 36.9 Å². The fraction of sp³-hybridized carbons (Fsp3) is 0.556. The third-order valence-corrected chi connectivity index (χ3v) is 3.17. The second-order valence-electron chi connectivity index (χ2n) is 4.98. The van der Waals surface area contributed by atoms with Gasteiger partial charge in [0.2, 0.25) is 0 Å². The quantitative estimate of drug-likeness (QED) is 0.433. The molecule has 0 unspecified atom stereocenters. The van der Waals surface area contributed by atoms with Crippen molar-refractivity contribution in [3.63, 3.8) is 0 Å². The second-order valence-corrected chi connectivity index (χ2v) is 4.98. The van der Waals surface area contributed by atoms with Gasteiger partial charge >= 0.3 is 0 Å². The Balaban J connectivity index is 2.09. The van der Waals surface area contributed by atoms with Crippen molar-refractivity contribution in [2.45, 2.75) is 26.7 Å². The van der Waals surface area contributed by atoms with E-state index in [0.29, 0.717) is 26.4 Å². The van der Waals surface area contributed by atoms with Gasteiger partial charge in [-0.2, -0.15) is 0 Å². The number of hydrogen-bond donors (Lipinski definition) is 0. The summed E-state index contributed by atoms with van der Waals surface area (Å²) in [5.41, 5.74) is 2.19. The van der Waals surface area contributed by atoms with E-state index < -0.39 is 0 Å². The molecule has 1 aromatic carbocycles. The molecular formula is C18H28O4. The third kappa shape index (κ3) is 8.05. The zero-order valence-corrected chi connectivity index (χ0v) is 14.0. The number of rotatable bonds is 12. The molecule has 4 heteroatoms. The average Bonchev–Trinajstić information content (AvgIpc) is 2.56. The van der Waals surface area contributed by atoms with Gasteiger partial charge in [0.25, 0.3) is 0 Å². The lowest BCUT2D eigenvalue weighted by atomic mass is 10.1. The van der Waals surface area contributed by atoms with Crippen molar-refractivity contribution in [3.05, 3.63) is 36.1 Å². The molecule has 0 aliphatic carbocycles. The Morgan fingerprint density at radius 1 is 0.955 bits per heavy atom. The summed E-state index contributed by atoms with van der Waals surface area (Å²) in [5, 5.41) is 0. The number of ether oxygens (including phenoxy) is 4. The highest BCUT2D eigenvalue weighted by atomic mass is 16.5. The predicted octanol–water partition coefficient (Wildman–Crippen LogP) is 3.91. The van der Waals surface area contributed by atoms with Crippen LogP contribution in [-0.4, -0.2) is 40.1 Å². The Labute approximate surface area is 134 Å². The molecule has 0 atom stereocenters. The molecule has 22 heavy (non-hydrogen) atoms. The van der Waals surface area contributed by atoms with Crippen LogP contribution >= 0.6 is 0 Å². The molecule has 0 aliphatic rings. The van der Waals surface area contributed by atoms with Crippen LogP contribution in [0.3, 0.4) is 0 Å². The summed E-state index contributed by atoms with van der Waals surface area (Å²) in [6.07, 6.45) is 4.04. The van der Waals surface area contributed by atoms with Crippen molar-refractivity contribution < 1.29 is 18.9 Å². The third-order valence-electron chi connectivity index (χ3n) is 3.17. The van der Waals surface area contributed by atoms with Crippen molar-refractivity contribution >= 4 is 5.57 Å². The van der Waals surface area contributed by atoms with Gasteiger partial charge in [-0.15, -0.1) is 0 Å². The lowest BCUT2D eigenvalue weighted by molar-refractivity contribution is 0.0300. The first-order valence-electron chi connectivity index (χ1n) is 7.86. The molecule has 0 amide bonds. The number of allylic oxidation sites excluding steroid dienone is 1. The van der Waals surface area contributed by atoms with E-state index in [1.807, 2.05) is 31.2 Å². The first-order valence-corrected chi connectivity index (χ1v) is 7.86. The molecule has 1 aromatic rings. The van der Waals surface area contributed by atoms with E-state index >= 15 is 0 Å². The van der Waals surface area contributed by atoms with Crippen molar-refractivity contribution in [2.24, 2.45) is 0 Å². The van der Waals surface area contributed by atoms with E-state index in [1.54, 1.807) is 13.4 Å². The van der Waals surface area contributed by atoms with Gasteiger partial charge < -0.3 is 18.9 Å². The van der Waals surface area contributed by atoms with Gasteiger partial charge in [-0.3, -0.25) is 0 Å². The molecule has 1 rings (SSSR count). The summed E-state index contributed by atoms with van der Waals surface area (Å²) >= 11 is 0. The summed E-state index contributed by atoms with van der Waals surface area (Å²) in [6.45, 7) is 7.38. The maximum Gasteiger partial charge on any atom is 0.118 e. The molecule has 4 nitrogen and oxygen atoms in total. The highest BCUT2D eigenvalue weighted by molar-refractivity contribution is 5.63. The molecule has 124 valence electrons. The number of hydrogen-bond acceptors (Lipinski definition) is 4. The highest BCUT2D eigenvalue weighted by Crippen LogP contribution is 2.17. The van der Waals surface area contributed by atoms with Crippen LogP contribution < -0.4 is 4.74 Å². The minimum Gasteiger partial charge on any atom is -0.498 e. The highest BCUT2D eigenvalue weighted by Gasteiger charge is 1.97. The van der Waals surface area contributed by atoms with Gasteiger partial charge in [0.15, 0.2) is 0 Å². The Hall–Kier alpha value is -1.52. The van der Waals surface area contributed by atoms with Crippen LogP contribution in [0, 0.1) is 0 Å². The second kappa shape index (κ2) is 12.1. The summed E-state index contributed by atoms with van der Waals surface area (Å²) in [6, 6.07) is 7.90. The van der Waals surface area contributed by atoms with E-state index in [2.05, 4.69) is 6.92 Å². The molecule has 0 N–H and O–H groups in total. The molecule has 0 radical (unpaired) electrons. The van der Waals surface area contributed by atoms with Crippen LogP contribution in [0.1, 0.15) is 32.3 Å². The Morgan fingerprint density at radius 3 is 2.23 bits per heavy atom. The van der Waals surface area contributed by atoms with Crippen molar-refractivity contribution in [2.75, 3.05) is 40.1 Å². The predicted molar refractivity (Wildman–Crippen MR) is 89.1 cm³/mol. The summed E-state index contributed by atoms with van der Waals surface area (Å²) in [4.78, 5) is 0. The SMILES string of the molecule is CCCCOCCOCCO/C=C(/C)c1ccc(OC)cc1. The van der Waals surface area contributed by atoms with E-state index in [0.717, 1.165) is 36.3 Å². The number of benzene rings is 1. The molecule has 0 heterocycles. The monoisotopic (exact) mass is 308 g/mol. The molecule has 0 aromatic heterocycles. The molecule has 0 saturated carbocycles. The first kappa shape index (κ1) is 18.5. The molecule has 0 bridgehead atoms. The summed E-state index contributed by atoms with van der Waals surface area (Å²) < 4.78 is 21.5. The van der Waals surface area contributed by atoms with E-state index in [4.69, 9.17) is 18.9 Å². The van der Waals surface area contributed by atoms with Crippen LogP contribution in [0.25, 0.3) is 5.57 Å². The van der Waals surface area contributed by atoms with Crippen molar-refractivity contribution in [1.29, 1.82) is 0 Å². The summed E-state index contributed by atoms with van der Waals surface area (Å²) in [5.74, 6) is 0.854. The Bertz CT molecular complexity index is 412. The van der Waals surface area contributed by atoms with Gasteiger partial charge in [-0.1, -0.05) is 25.5 Å². The first-order chi connectivity index (χ1) is 10.8. The normalized spacial score (nSPS) is 11.5. The van der Waals surface area contributed by atoms with Crippen LogP contribution in [0.5, 0.6) is 5.75 Å². The van der Waals surface area contributed by atoms with Crippen LogP contribution in [0.2, 0.25) is 0 Å². The zero-order chi connectivity index (χ0) is 16.0. The Morgan fingerprint density at radius 2 is 1.59 bits per heavy atom. The fourth-order valence-electron chi connectivity index (χ4n) is 1.78. The van der Waals surface area contributed by atoms with Crippen molar-refractivity contribution in [1.82, 2.24) is 0 Å². The van der Waals surface area contributed by atoms with E-state index in [9.17, 15) is 0 Å². The Kier molecular flexibility index (Phi) is 10.2. The fourth-order valence-corrected chi connectivity index (χ4v) is 1.78. The van der Waals surface area contributed by atoms with Gasteiger partial charge in [-0.25, -0.2) is 0 Å². The molecule has 0 spiro atoms. The van der Waals surface area contributed by atoms with Crippen molar-refractivity contribution in [3.8, 4) is 5.75 Å². The molecular weight excluding hydrogens is 280 g/mol. The zero-order valence-electron chi connectivity index (χ0n) is 14.0. The largest absolute Gasteiger partial charge is 0.498 e. The van der Waals surface area contributed by atoms with Crippen LogP contribution in [0.15, 0.2) is 30.5 Å². The minimum atomic E-state index is 0.544. The van der Waals surface area contributed by atoms with Crippen LogP contribution in [-0.2, 0) is 14.2 Å². The van der Waals surface area contributed by atoms with Gasteiger partial charge in [0.05, 0.1) is 33.2 Å². The maximum absolute atomic E-state index is 5.49. The lowest BCUT2D eigenvalue weighted by Crippen LogP contribution is -2.08. The standard InChI is InChI=1S/C18H28O4/c1-4-5-10-20-11-12-21-13-14-22-15-16(2)17-6-8-18(19-3)9-7-17/h6-9,15H,4-5,10-14H2,1-3H3/b16-15-.